The second kappa shape index (κ2) is 7.57. The number of nitrogens with zero attached hydrogens (tertiary/aromatic N) is 4. The molecule has 1 aliphatic carbocycles. The summed E-state index contributed by atoms with van der Waals surface area (Å²) >= 11 is 7.35. The molecule has 4 heterocycles. The number of methoxy groups -OCH3 is 1. The minimum absolute atomic E-state index is 0.0512. The van der Waals surface area contributed by atoms with Crippen LogP contribution in [0.25, 0.3) is 31.7 Å². The van der Waals surface area contributed by atoms with E-state index in [1.807, 2.05) is 6.07 Å². The normalized spacial score (nSPS) is 13.8. The third-order valence-corrected chi connectivity index (χ3v) is 7.27. The first kappa shape index (κ1) is 20.2. The zero-order valence-electron chi connectivity index (χ0n) is 17.4. The van der Waals surface area contributed by atoms with Crippen molar-refractivity contribution in [3.8, 4) is 23.0 Å². The van der Waals surface area contributed by atoms with Gasteiger partial charge in [0.25, 0.3) is 5.56 Å². The first-order chi connectivity index (χ1) is 16.0. The summed E-state index contributed by atoms with van der Waals surface area (Å²) in [4.78, 5) is 27.6. The van der Waals surface area contributed by atoms with Gasteiger partial charge in [-0.25, -0.2) is 15.0 Å². The van der Waals surface area contributed by atoms with Crippen molar-refractivity contribution in [2.75, 3.05) is 7.11 Å². The third-order valence-electron chi connectivity index (χ3n) is 5.86. The summed E-state index contributed by atoms with van der Waals surface area (Å²) in [5, 5.41) is 11.8. The highest BCUT2D eigenvalue weighted by Gasteiger charge is 2.30. The molecule has 1 fully saturated rings. The van der Waals surface area contributed by atoms with Crippen LogP contribution in [0.1, 0.15) is 30.1 Å². The molecule has 0 bridgehead atoms. The third kappa shape index (κ3) is 3.27. The maximum Gasteiger partial charge on any atom is 0.263 e. The fraction of sp³-hybridized carbons (Fsp3) is 0.217. The van der Waals surface area contributed by atoms with E-state index in [0.717, 1.165) is 24.0 Å². The SMILES string of the molecule is COc1cc(C2CC2)c(-c2nc3sc4c(O)c(Cl)ccc4c3c(=O)n2Cc2cnco2)cn1. The standard InChI is InChI=1S/C23H17ClN4O4S/c1-31-17-6-14(11-2-3-11)15(8-26-17)21-27-22-18(13-4-5-16(24)19(29)20(13)33-22)23(30)28(21)9-12-7-25-10-32-12/h4-8,10-11,29H,2-3,9H2,1H3. The van der Waals surface area contributed by atoms with Gasteiger partial charge >= 0.3 is 0 Å². The van der Waals surface area contributed by atoms with Crippen molar-refractivity contribution in [3.05, 3.63) is 63.7 Å². The molecule has 1 aromatic carbocycles. The Morgan fingerprint density at radius 2 is 2.18 bits per heavy atom. The van der Waals surface area contributed by atoms with Gasteiger partial charge in [0.15, 0.2) is 12.1 Å². The van der Waals surface area contributed by atoms with E-state index in [0.29, 0.717) is 43.7 Å². The average molecular weight is 481 g/mol. The van der Waals surface area contributed by atoms with Crippen LogP contribution >= 0.6 is 22.9 Å². The summed E-state index contributed by atoms with van der Waals surface area (Å²) in [5.41, 5.74) is 1.58. The summed E-state index contributed by atoms with van der Waals surface area (Å²) in [6, 6.07) is 5.24. The Hall–Kier alpha value is -3.43. The average Bonchev–Trinajstić information content (AvgIpc) is 3.41. The highest BCUT2D eigenvalue weighted by molar-refractivity contribution is 7.25. The van der Waals surface area contributed by atoms with E-state index < -0.39 is 0 Å². The van der Waals surface area contributed by atoms with Crippen LogP contribution in [0.2, 0.25) is 5.02 Å². The lowest BCUT2D eigenvalue weighted by Gasteiger charge is -2.15. The van der Waals surface area contributed by atoms with E-state index in [4.69, 9.17) is 25.7 Å². The molecule has 33 heavy (non-hydrogen) atoms. The minimum atomic E-state index is -0.239. The molecule has 0 atom stereocenters. The molecule has 166 valence electrons. The van der Waals surface area contributed by atoms with Crippen molar-refractivity contribution >= 4 is 43.2 Å². The number of hydrogen-bond donors (Lipinski definition) is 1. The molecule has 0 unspecified atom stereocenters. The monoisotopic (exact) mass is 480 g/mol. The lowest BCUT2D eigenvalue weighted by Crippen LogP contribution is -2.24. The number of hydrogen-bond acceptors (Lipinski definition) is 8. The topological polar surface area (TPSA) is 103 Å². The van der Waals surface area contributed by atoms with E-state index in [1.54, 1.807) is 36.2 Å². The maximum absolute atomic E-state index is 13.8. The molecule has 0 spiro atoms. The number of benzene rings is 1. The Bertz CT molecular complexity index is 1590. The molecular formula is C23H17ClN4O4S. The number of halogens is 1. The van der Waals surface area contributed by atoms with Gasteiger partial charge in [0.1, 0.15) is 16.4 Å². The second-order valence-corrected chi connectivity index (χ2v) is 9.34. The van der Waals surface area contributed by atoms with E-state index in [2.05, 4.69) is 9.97 Å². The zero-order valence-corrected chi connectivity index (χ0v) is 19.0. The summed E-state index contributed by atoms with van der Waals surface area (Å²) in [6.07, 6.45) is 6.73. The molecule has 1 N–H and O–H groups in total. The van der Waals surface area contributed by atoms with Crippen LogP contribution in [0.5, 0.6) is 11.6 Å². The fourth-order valence-corrected chi connectivity index (χ4v) is 5.42. The van der Waals surface area contributed by atoms with Crippen LogP contribution in [-0.4, -0.2) is 31.7 Å². The molecule has 10 heteroatoms. The minimum Gasteiger partial charge on any atom is -0.505 e. The highest BCUT2D eigenvalue weighted by atomic mass is 35.5. The van der Waals surface area contributed by atoms with E-state index in [1.165, 1.54) is 17.7 Å². The summed E-state index contributed by atoms with van der Waals surface area (Å²) in [6.45, 7) is 0.157. The fourth-order valence-electron chi connectivity index (χ4n) is 4.09. The summed E-state index contributed by atoms with van der Waals surface area (Å²) in [7, 11) is 1.58. The first-order valence-electron chi connectivity index (χ1n) is 10.3. The van der Waals surface area contributed by atoms with Gasteiger partial charge in [-0.3, -0.25) is 9.36 Å². The number of aromatic hydroxyl groups is 1. The molecule has 4 aromatic heterocycles. The summed E-state index contributed by atoms with van der Waals surface area (Å²) < 4.78 is 12.9. The number of rotatable bonds is 5. The van der Waals surface area contributed by atoms with Gasteiger partial charge in [0.2, 0.25) is 5.88 Å². The van der Waals surface area contributed by atoms with Crippen LogP contribution < -0.4 is 10.3 Å². The smallest absolute Gasteiger partial charge is 0.263 e. The van der Waals surface area contributed by atoms with Gasteiger partial charge in [-0.1, -0.05) is 17.7 Å². The summed E-state index contributed by atoms with van der Waals surface area (Å²) in [5.74, 6) is 1.85. The Balaban J connectivity index is 1.68. The molecule has 0 amide bonds. The number of thiophene rings is 1. The molecular weight excluding hydrogens is 464 g/mol. The van der Waals surface area contributed by atoms with Crippen LogP contribution in [0.15, 0.2) is 46.2 Å². The lowest BCUT2D eigenvalue weighted by atomic mass is 10.0. The number of pyridine rings is 1. The van der Waals surface area contributed by atoms with Crippen molar-refractivity contribution < 1.29 is 14.3 Å². The first-order valence-corrected chi connectivity index (χ1v) is 11.5. The molecule has 0 radical (unpaired) electrons. The number of oxazole rings is 1. The maximum atomic E-state index is 13.8. The molecule has 0 saturated heterocycles. The van der Waals surface area contributed by atoms with Gasteiger partial charge in [0, 0.05) is 23.2 Å². The quantitative estimate of drug-likeness (QED) is 0.379. The zero-order chi connectivity index (χ0) is 22.7. The molecule has 0 aliphatic heterocycles. The van der Waals surface area contributed by atoms with Crippen molar-refractivity contribution in [2.45, 2.75) is 25.3 Å². The molecule has 6 rings (SSSR count). The molecule has 8 nitrogen and oxygen atoms in total. The molecule has 5 aromatic rings. The number of phenols is 1. The van der Waals surface area contributed by atoms with E-state index >= 15 is 0 Å². The van der Waals surface area contributed by atoms with Gasteiger partial charge in [-0.05, 0) is 30.4 Å². The number of fused-ring (bicyclic) bond motifs is 3. The van der Waals surface area contributed by atoms with Crippen LogP contribution in [0.4, 0.5) is 0 Å². The number of aromatic nitrogens is 4. The van der Waals surface area contributed by atoms with Gasteiger partial charge < -0.3 is 14.3 Å². The van der Waals surface area contributed by atoms with E-state index in [-0.39, 0.29) is 22.9 Å². The predicted molar refractivity (Wildman–Crippen MR) is 125 cm³/mol. The van der Waals surface area contributed by atoms with Crippen molar-refractivity contribution in [2.24, 2.45) is 0 Å². The van der Waals surface area contributed by atoms with Crippen molar-refractivity contribution in [3.63, 3.8) is 0 Å². The Morgan fingerprint density at radius 1 is 1.33 bits per heavy atom. The molecule has 1 aliphatic rings. The largest absolute Gasteiger partial charge is 0.505 e. The van der Waals surface area contributed by atoms with Gasteiger partial charge in [0.05, 0.1) is 35.0 Å². The van der Waals surface area contributed by atoms with Crippen molar-refractivity contribution in [1.82, 2.24) is 19.5 Å². The van der Waals surface area contributed by atoms with Gasteiger partial charge in [-0.2, -0.15) is 0 Å². The highest BCUT2D eigenvalue weighted by Crippen LogP contribution is 2.46. The van der Waals surface area contributed by atoms with E-state index in [9.17, 15) is 9.90 Å². The van der Waals surface area contributed by atoms with Crippen molar-refractivity contribution in [1.29, 1.82) is 0 Å². The number of ether oxygens (including phenoxy) is 1. The molecule has 1 saturated carbocycles. The second-order valence-electron chi connectivity index (χ2n) is 7.94. The lowest BCUT2D eigenvalue weighted by molar-refractivity contribution is 0.397. The Morgan fingerprint density at radius 3 is 2.91 bits per heavy atom. The van der Waals surface area contributed by atoms with Crippen LogP contribution in [-0.2, 0) is 6.54 Å². The van der Waals surface area contributed by atoms with Crippen LogP contribution in [0, 0.1) is 0 Å². The number of phenolic OH excluding ortho intramolecular Hbond substituents is 1. The Kier molecular flexibility index (Phi) is 4.63. The Labute approximate surface area is 196 Å². The predicted octanol–water partition coefficient (Wildman–Crippen LogP) is 4.95. The van der Waals surface area contributed by atoms with Crippen LogP contribution in [0.3, 0.4) is 0 Å². The van der Waals surface area contributed by atoms with Gasteiger partial charge in [-0.15, -0.1) is 11.3 Å².